The van der Waals surface area contributed by atoms with E-state index >= 15 is 0 Å². The van der Waals surface area contributed by atoms with Crippen molar-refractivity contribution in [3.63, 3.8) is 0 Å². The number of hydrogen-bond donors (Lipinski definition) is 2. The van der Waals surface area contributed by atoms with E-state index in [1.165, 1.54) is 18.2 Å². The summed E-state index contributed by atoms with van der Waals surface area (Å²) in [7, 11) is 0. The Balaban J connectivity index is 2.06. The predicted octanol–water partition coefficient (Wildman–Crippen LogP) is 3.67. The molecule has 0 heterocycles. The fourth-order valence-corrected chi connectivity index (χ4v) is 2.19. The number of alkyl halides is 3. The van der Waals surface area contributed by atoms with E-state index in [9.17, 15) is 23.1 Å². The molecule has 0 aliphatic heterocycles. The van der Waals surface area contributed by atoms with E-state index in [4.69, 9.17) is 4.74 Å². The number of amides is 1. The zero-order chi connectivity index (χ0) is 17.6. The second-order valence-corrected chi connectivity index (χ2v) is 5.03. The number of aliphatic hydroxyl groups excluding tert-OH is 1. The Morgan fingerprint density at radius 3 is 2.33 bits per heavy atom. The molecule has 7 heteroatoms. The first-order valence-corrected chi connectivity index (χ1v) is 7.16. The topological polar surface area (TPSA) is 58.6 Å². The molecular formula is C17H16F3NO3. The van der Waals surface area contributed by atoms with Gasteiger partial charge in [-0.15, -0.1) is 0 Å². The van der Waals surface area contributed by atoms with Gasteiger partial charge in [-0.3, -0.25) is 0 Å². The Kier molecular flexibility index (Phi) is 5.81. The minimum atomic E-state index is -4.58. The fourth-order valence-electron chi connectivity index (χ4n) is 2.19. The SMILES string of the molecule is O=C(NC(CO)c1ccccc1C(F)(F)F)OCc1ccccc1. The molecule has 0 fully saturated rings. The monoisotopic (exact) mass is 339 g/mol. The van der Waals surface area contributed by atoms with E-state index in [1.54, 1.807) is 30.3 Å². The molecule has 0 bridgehead atoms. The smallest absolute Gasteiger partial charge is 0.416 e. The highest BCUT2D eigenvalue weighted by Gasteiger charge is 2.35. The molecule has 2 aromatic carbocycles. The van der Waals surface area contributed by atoms with Crippen molar-refractivity contribution in [3.05, 3.63) is 71.3 Å². The van der Waals surface area contributed by atoms with Crippen LogP contribution in [-0.2, 0) is 17.5 Å². The van der Waals surface area contributed by atoms with Gasteiger partial charge in [0.05, 0.1) is 18.2 Å². The molecule has 24 heavy (non-hydrogen) atoms. The Labute approximate surface area is 136 Å². The summed E-state index contributed by atoms with van der Waals surface area (Å²) in [5.41, 5.74) is -0.388. The number of aliphatic hydroxyl groups is 1. The van der Waals surface area contributed by atoms with Gasteiger partial charge >= 0.3 is 12.3 Å². The molecule has 0 spiro atoms. The average Bonchev–Trinajstić information content (AvgIpc) is 2.58. The number of carbonyl (C=O) groups excluding carboxylic acids is 1. The van der Waals surface area contributed by atoms with Gasteiger partial charge in [-0.05, 0) is 17.2 Å². The number of ether oxygens (including phenoxy) is 1. The largest absolute Gasteiger partial charge is 0.445 e. The fraction of sp³-hybridized carbons (Fsp3) is 0.235. The van der Waals surface area contributed by atoms with Crippen LogP contribution in [0.4, 0.5) is 18.0 Å². The molecule has 128 valence electrons. The second-order valence-electron chi connectivity index (χ2n) is 5.03. The molecule has 0 saturated carbocycles. The molecule has 0 radical (unpaired) electrons. The Morgan fingerprint density at radius 2 is 1.71 bits per heavy atom. The highest BCUT2D eigenvalue weighted by molar-refractivity contribution is 5.68. The van der Waals surface area contributed by atoms with Gasteiger partial charge in [0, 0.05) is 0 Å². The lowest BCUT2D eigenvalue weighted by molar-refractivity contribution is -0.138. The van der Waals surface area contributed by atoms with E-state index in [2.05, 4.69) is 5.32 Å². The number of rotatable bonds is 5. The van der Waals surface area contributed by atoms with Crippen LogP contribution in [0, 0.1) is 0 Å². The van der Waals surface area contributed by atoms with Crippen molar-refractivity contribution < 1.29 is 27.8 Å². The van der Waals surface area contributed by atoms with E-state index < -0.39 is 30.5 Å². The van der Waals surface area contributed by atoms with E-state index in [0.717, 1.165) is 11.6 Å². The lowest BCUT2D eigenvalue weighted by atomic mass is 10.0. The Morgan fingerprint density at radius 1 is 1.08 bits per heavy atom. The summed E-state index contributed by atoms with van der Waals surface area (Å²) in [6.07, 6.45) is -5.49. The van der Waals surface area contributed by atoms with Crippen molar-refractivity contribution in [2.24, 2.45) is 0 Å². The van der Waals surface area contributed by atoms with E-state index in [0.29, 0.717) is 0 Å². The van der Waals surface area contributed by atoms with Gasteiger partial charge in [0.15, 0.2) is 0 Å². The molecule has 1 unspecified atom stereocenters. The molecule has 0 saturated heterocycles. The molecule has 0 aromatic heterocycles. The highest BCUT2D eigenvalue weighted by atomic mass is 19.4. The van der Waals surface area contributed by atoms with Crippen LogP contribution in [0.2, 0.25) is 0 Å². The maximum atomic E-state index is 13.0. The third-order valence-electron chi connectivity index (χ3n) is 3.33. The maximum Gasteiger partial charge on any atom is 0.416 e. The molecule has 0 aliphatic carbocycles. The third-order valence-corrected chi connectivity index (χ3v) is 3.33. The standard InChI is InChI=1S/C17H16F3NO3/c18-17(19,20)14-9-5-4-8-13(14)15(10-22)21-16(23)24-11-12-6-2-1-3-7-12/h1-9,15,22H,10-11H2,(H,21,23). The minimum absolute atomic E-state index is 0.0221. The summed E-state index contributed by atoms with van der Waals surface area (Å²) < 4.78 is 44.0. The van der Waals surface area contributed by atoms with Crippen LogP contribution in [0.15, 0.2) is 54.6 Å². The molecule has 0 aliphatic rings. The first kappa shape index (κ1) is 17.8. The summed E-state index contributed by atoms with van der Waals surface area (Å²) in [6, 6.07) is 12.4. The quantitative estimate of drug-likeness (QED) is 0.874. The number of nitrogens with one attached hydrogen (secondary N) is 1. The van der Waals surface area contributed by atoms with Gasteiger partial charge in [-0.1, -0.05) is 48.5 Å². The summed E-state index contributed by atoms with van der Waals surface area (Å²) in [5, 5.41) is 11.6. The first-order valence-electron chi connectivity index (χ1n) is 7.16. The third kappa shape index (κ3) is 4.73. The van der Waals surface area contributed by atoms with Crippen LogP contribution in [0.1, 0.15) is 22.7 Å². The van der Waals surface area contributed by atoms with Crippen molar-refractivity contribution in [2.75, 3.05) is 6.61 Å². The molecule has 2 rings (SSSR count). The van der Waals surface area contributed by atoms with Gasteiger partial charge in [-0.25, -0.2) is 4.79 Å². The Bertz CT molecular complexity index is 674. The molecule has 4 nitrogen and oxygen atoms in total. The molecule has 2 aromatic rings. The number of hydrogen-bond acceptors (Lipinski definition) is 3. The zero-order valence-corrected chi connectivity index (χ0v) is 12.6. The van der Waals surface area contributed by atoms with Crippen LogP contribution < -0.4 is 5.32 Å². The number of alkyl carbamates (subject to hydrolysis) is 1. The van der Waals surface area contributed by atoms with Crippen LogP contribution in [0.5, 0.6) is 0 Å². The second kappa shape index (κ2) is 7.83. The van der Waals surface area contributed by atoms with Gasteiger partial charge < -0.3 is 15.2 Å². The lowest BCUT2D eigenvalue weighted by Crippen LogP contribution is -2.32. The Hall–Kier alpha value is -2.54. The molecule has 1 amide bonds. The summed E-state index contributed by atoms with van der Waals surface area (Å²) >= 11 is 0. The van der Waals surface area contributed by atoms with E-state index in [-0.39, 0.29) is 12.2 Å². The number of halogens is 3. The van der Waals surface area contributed by atoms with Crippen molar-refractivity contribution >= 4 is 6.09 Å². The van der Waals surface area contributed by atoms with Crippen LogP contribution >= 0.6 is 0 Å². The van der Waals surface area contributed by atoms with Crippen LogP contribution in [0.25, 0.3) is 0 Å². The van der Waals surface area contributed by atoms with Crippen LogP contribution in [0.3, 0.4) is 0 Å². The summed E-state index contributed by atoms with van der Waals surface area (Å²) in [4.78, 5) is 11.8. The van der Waals surface area contributed by atoms with Crippen LogP contribution in [-0.4, -0.2) is 17.8 Å². The molecular weight excluding hydrogens is 323 g/mol. The number of carbonyl (C=O) groups is 1. The average molecular weight is 339 g/mol. The van der Waals surface area contributed by atoms with Gasteiger partial charge in [-0.2, -0.15) is 13.2 Å². The summed E-state index contributed by atoms with van der Waals surface area (Å²) in [6.45, 7) is -0.709. The molecule has 1 atom stereocenters. The van der Waals surface area contributed by atoms with Gasteiger partial charge in [0.2, 0.25) is 0 Å². The normalized spacial score (nSPS) is 12.5. The number of benzene rings is 2. The molecule has 2 N–H and O–H groups in total. The minimum Gasteiger partial charge on any atom is -0.445 e. The van der Waals surface area contributed by atoms with Crippen molar-refractivity contribution in [1.29, 1.82) is 0 Å². The van der Waals surface area contributed by atoms with Crippen molar-refractivity contribution in [3.8, 4) is 0 Å². The maximum absolute atomic E-state index is 13.0. The van der Waals surface area contributed by atoms with Gasteiger partial charge in [0.25, 0.3) is 0 Å². The highest BCUT2D eigenvalue weighted by Crippen LogP contribution is 2.34. The van der Waals surface area contributed by atoms with Crippen molar-refractivity contribution in [1.82, 2.24) is 5.32 Å². The van der Waals surface area contributed by atoms with Crippen molar-refractivity contribution in [2.45, 2.75) is 18.8 Å². The summed E-state index contributed by atoms with van der Waals surface area (Å²) in [5.74, 6) is 0. The first-order chi connectivity index (χ1) is 11.4. The van der Waals surface area contributed by atoms with E-state index in [1.807, 2.05) is 0 Å². The zero-order valence-electron chi connectivity index (χ0n) is 12.6. The lowest BCUT2D eigenvalue weighted by Gasteiger charge is -2.21. The predicted molar refractivity (Wildman–Crippen MR) is 81.0 cm³/mol. The van der Waals surface area contributed by atoms with Gasteiger partial charge in [0.1, 0.15) is 6.61 Å².